The van der Waals surface area contributed by atoms with Gasteiger partial charge in [0, 0.05) is 12.8 Å². The smallest absolute Gasteiger partial charge is 0.410 e. The molecule has 0 aromatic carbocycles. The topological polar surface area (TPSA) is 82.1 Å². The van der Waals surface area contributed by atoms with Crippen molar-refractivity contribution < 1.29 is 28.6 Å². The first-order valence-electron chi connectivity index (χ1n) is 21.1. The molecule has 0 rings (SSSR count). The molecule has 0 aromatic heterocycles. The first-order valence-corrected chi connectivity index (χ1v) is 21.1. The zero-order chi connectivity index (χ0) is 38.4. The van der Waals surface area contributed by atoms with Crippen LogP contribution in [-0.4, -0.2) is 54.8 Å². The quantitative estimate of drug-likeness (QED) is 0.0284. The molecular weight excluding hydrogens is 650 g/mol. The molecule has 300 valence electrons. The van der Waals surface area contributed by atoms with Crippen molar-refractivity contribution in [3.05, 3.63) is 48.6 Å². The monoisotopic (exact) mass is 730 g/mol. The van der Waals surface area contributed by atoms with Gasteiger partial charge in [0.25, 0.3) is 0 Å². The van der Waals surface area contributed by atoms with E-state index in [0.717, 1.165) is 77.0 Å². The van der Waals surface area contributed by atoms with Crippen LogP contribution in [0.2, 0.25) is 0 Å². The molecule has 0 heterocycles. The minimum atomic E-state index is -0.662. The number of hydrogen-bond donors (Lipinski definition) is 0. The lowest BCUT2D eigenvalue weighted by Gasteiger charge is -2.27. The molecule has 0 N–H and O–H groups in total. The predicted octanol–water partition coefficient (Wildman–Crippen LogP) is 12.9. The van der Waals surface area contributed by atoms with Gasteiger partial charge in [0.15, 0.2) is 0 Å². The second-order valence-electron chi connectivity index (χ2n) is 14.9. The molecule has 0 aromatic rings. The number of amides is 1. The van der Waals surface area contributed by atoms with Gasteiger partial charge in [-0.1, -0.05) is 127 Å². The van der Waals surface area contributed by atoms with E-state index < -0.39 is 11.7 Å². The SMILES string of the molecule is CCCCCC=CCC=CCCCCCCCC(=O)OCCN(CCOC(=O)CCCCCCCC=CCC=CCCCCC)C(=O)OC(C)(C)C. The normalized spacial score (nSPS) is 12.1. The van der Waals surface area contributed by atoms with E-state index in [9.17, 15) is 14.4 Å². The minimum Gasteiger partial charge on any atom is -0.464 e. The van der Waals surface area contributed by atoms with E-state index in [1.807, 2.05) is 0 Å². The summed E-state index contributed by atoms with van der Waals surface area (Å²) < 4.78 is 16.4. The van der Waals surface area contributed by atoms with Gasteiger partial charge in [-0.3, -0.25) is 9.59 Å². The highest BCUT2D eigenvalue weighted by atomic mass is 16.6. The Balaban J connectivity index is 4.07. The second kappa shape index (κ2) is 36.5. The molecular formula is C45H79NO6. The lowest BCUT2D eigenvalue weighted by Crippen LogP contribution is -2.41. The molecule has 0 aliphatic rings. The van der Waals surface area contributed by atoms with Crippen LogP contribution in [0, 0.1) is 0 Å². The van der Waals surface area contributed by atoms with E-state index in [4.69, 9.17) is 14.2 Å². The Morgan fingerprint density at radius 2 is 0.827 bits per heavy atom. The largest absolute Gasteiger partial charge is 0.464 e. The second-order valence-corrected chi connectivity index (χ2v) is 14.9. The van der Waals surface area contributed by atoms with Gasteiger partial charge >= 0.3 is 18.0 Å². The van der Waals surface area contributed by atoms with Gasteiger partial charge in [0.1, 0.15) is 18.8 Å². The summed E-state index contributed by atoms with van der Waals surface area (Å²) in [6.45, 7) is 10.4. The highest BCUT2D eigenvalue weighted by molar-refractivity contribution is 5.70. The molecule has 0 radical (unpaired) electrons. The zero-order valence-corrected chi connectivity index (χ0v) is 34.3. The van der Waals surface area contributed by atoms with Gasteiger partial charge in [-0.25, -0.2) is 4.79 Å². The van der Waals surface area contributed by atoms with Gasteiger partial charge in [-0.2, -0.15) is 0 Å². The van der Waals surface area contributed by atoms with E-state index in [1.54, 1.807) is 20.8 Å². The summed E-state index contributed by atoms with van der Waals surface area (Å²) in [5, 5.41) is 0. The molecule has 0 spiro atoms. The van der Waals surface area contributed by atoms with Gasteiger partial charge in [0.05, 0.1) is 13.1 Å². The number of esters is 2. The number of carbonyl (C=O) groups is 3. The molecule has 0 saturated heterocycles. The Kier molecular flexibility index (Phi) is 34.5. The molecule has 7 heteroatoms. The molecule has 0 saturated carbocycles. The summed E-state index contributed by atoms with van der Waals surface area (Å²) in [5.74, 6) is -0.503. The highest BCUT2D eigenvalue weighted by Gasteiger charge is 2.22. The maximum atomic E-state index is 12.8. The van der Waals surface area contributed by atoms with Crippen LogP contribution in [0.15, 0.2) is 48.6 Å². The molecule has 52 heavy (non-hydrogen) atoms. The van der Waals surface area contributed by atoms with E-state index in [1.165, 1.54) is 69.1 Å². The first kappa shape index (κ1) is 49.2. The van der Waals surface area contributed by atoms with E-state index >= 15 is 0 Å². The Hall–Kier alpha value is -2.83. The van der Waals surface area contributed by atoms with Gasteiger partial charge in [0.2, 0.25) is 0 Å². The lowest BCUT2D eigenvalue weighted by molar-refractivity contribution is -0.144. The molecule has 0 bridgehead atoms. The van der Waals surface area contributed by atoms with Crippen LogP contribution >= 0.6 is 0 Å². The Morgan fingerprint density at radius 3 is 1.19 bits per heavy atom. The summed E-state index contributed by atoms with van der Waals surface area (Å²) in [6, 6.07) is 0. The van der Waals surface area contributed by atoms with Crippen molar-refractivity contribution in [1.82, 2.24) is 4.90 Å². The third-order valence-electron chi connectivity index (χ3n) is 8.56. The Bertz CT molecular complexity index is 913. The van der Waals surface area contributed by atoms with Crippen LogP contribution in [0.4, 0.5) is 4.79 Å². The maximum absolute atomic E-state index is 12.8. The van der Waals surface area contributed by atoms with Crippen LogP contribution in [0.25, 0.3) is 0 Å². The highest BCUT2D eigenvalue weighted by Crippen LogP contribution is 2.12. The van der Waals surface area contributed by atoms with Crippen molar-refractivity contribution in [2.24, 2.45) is 0 Å². The summed E-state index contributed by atoms with van der Waals surface area (Å²) in [7, 11) is 0. The van der Waals surface area contributed by atoms with Crippen LogP contribution < -0.4 is 0 Å². The third-order valence-corrected chi connectivity index (χ3v) is 8.56. The van der Waals surface area contributed by atoms with Crippen LogP contribution in [0.5, 0.6) is 0 Å². The molecule has 0 unspecified atom stereocenters. The number of carbonyl (C=O) groups excluding carboxylic acids is 3. The molecule has 0 atom stereocenters. The van der Waals surface area contributed by atoms with Crippen molar-refractivity contribution in [1.29, 1.82) is 0 Å². The number of nitrogens with zero attached hydrogens (tertiary/aromatic N) is 1. The zero-order valence-electron chi connectivity index (χ0n) is 34.3. The van der Waals surface area contributed by atoms with Crippen molar-refractivity contribution in [3.8, 4) is 0 Å². The van der Waals surface area contributed by atoms with Gasteiger partial charge in [-0.15, -0.1) is 0 Å². The number of hydrogen-bond acceptors (Lipinski definition) is 6. The summed E-state index contributed by atoms with van der Waals surface area (Å²) >= 11 is 0. The molecule has 0 fully saturated rings. The molecule has 0 aliphatic carbocycles. The number of allylic oxidation sites excluding steroid dienone is 8. The molecule has 7 nitrogen and oxygen atoms in total. The van der Waals surface area contributed by atoms with Crippen LogP contribution in [0.3, 0.4) is 0 Å². The summed E-state index contributed by atoms with van der Waals surface area (Å²) in [6.07, 6.45) is 43.3. The number of ether oxygens (including phenoxy) is 3. The van der Waals surface area contributed by atoms with Crippen LogP contribution in [0.1, 0.15) is 189 Å². The first-order chi connectivity index (χ1) is 25.2. The van der Waals surface area contributed by atoms with E-state index in [2.05, 4.69) is 62.5 Å². The Labute approximate surface area is 320 Å². The maximum Gasteiger partial charge on any atom is 0.410 e. The predicted molar refractivity (Wildman–Crippen MR) is 218 cm³/mol. The summed E-state index contributed by atoms with van der Waals surface area (Å²) in [5.41, 5.74) is -0.662. The fourth-order valence-electron chi connectivity index (χ4n) is 5.47. The number of unbranched alkanes of at least 4 members (excludes halogenated alkanes) is 16. The number of rotatable bonds is 34. The van der Waals surface area contributed by atoms with Crippen molar-refractivity contribution in [2.45, 2.75) is 194 Å². The van der Waals surface area contributed by atoms with E-state index in [0.29, 0.717) is 12.8 Å². The van der Waals surface area contributed by atoms with Crippen molar-refractivity contribution >= 4 is 18.0 Å². The summed E-state index contributed by atoms with van der Waals surface area (Å²) in [4.78, 5) is 38.8. The lowest BCUT2D eigenvalue weighted by atomic mass is 10.1. The van der Waals surface area contributed by atoms with Gasteiger partial charge < -0.3 is 19.1 Å². The molecule has 1 amide bonds. The minimum absolute atomic E-state index is 0.0816. The van der Waals surface area contributed by atoms with Gasteiger partial charge in [-0.05, 0) is 97.8 Å². The average Bonchev–Trinajstić information content (AvgIpc) is 3.10. The Morgan fingerprint density at radius 1 is 0.481 bits per heavy atom. The third kappa shape index (κ3) is 36.9. The fourth-order valence-corrected chi connectivity index (χ4v) is 5.47. The van der Waals surface area contributed by atoms with E-state index in [-0.39, 0.29) is 38.2 Å². The van der Waals surface area contributed by atoms with Crippen molar-refractivity contribution in [3.63, 3.8) is 0 Å². The standard InChI is InChI=1S/C45H79NO6/c1-6-8-10-12-14-16-18-20-22-24-26-28-30-32-34-36-42(47)50-40-38-46(44(49)52-45(3,4)5)39-41-51-43(48)37-35-33-31-29-27-25-23-21-19-17-15-13-11-9-7-2/h14-17,20-23H,6-13,18-19,24-41H2,1-5H3. The fraction of sp³-hybridized carbons (Fsp3) is 0.756. The van der Waals surface area contributed by atoms with Crippen LogP contribution in [-0.2, 0) is 23.8 Å². The average molecular weight is 730 g/mol. The van der Waals surface area contributed by atoms with Crippen molar-refractivity contribution in [2.75, 3.05) is 26.3 Å². The molecule has 0 aliphatic heterocycles.